The van der Waals surface area contributed by atoms with E-state index in [1.165, 1.54) is 6.26 Å². The molecule has 2 aromatic heterocycles. The Kier molecular flexibility index (Phi) is 4.68. The first kappa shape index (κ1) is 15.6. The first-order valence-electron chi connectivity index (χ1n) is 7.65. The van der Waals surface area contributed by atoms with Crippen molar-refractivity contribution in [2.75, 3.05) is 13.1 Å². The number of oxazole rings is 1. The number of aliphatic hydroxyl groups excluding tert-OH is 1. The molecular formula is C16H20N4O3. The lowest BCUT2D eigenvalue weighted by atomic mass is 10.2. The van der Waals surface area contributed by atoms with Crippen molar-refractivity contribution in [3.63, 3.8) is 0 Å². The minimum absolute atomic E-state index is 0.268. The lowest BCUT2D eigenvalue weighted by Gasteiger charge is -2.11. The Bertz CT molecular complexity index is 685. The zero-order valence-corrected chi connectivity index (χ0v) is 13.0. The standard InChI is InChI=1S/C16H20N4O3/c1-11-6-12(2-4-17-11)7-18-16(22)14-10-23-15(19-14)9-20-5-3-13(21)8-20/h2,4,6,10,13,21H,3,5,7-9H2,1H3,(H,18,22)/t13-/m0/s1. The molecule has 0 bridgehead atoms. The van der Waals surface area contributed by atoms with E-state index in [0.717, 1.165) is 24.2 Å². The fourth-order valence-corrected chi connectivity index (χ4v) is 2.62. The highest BCUT2D eigenvalue weighted by Gasteiger charge is 2.22. The van der Waals surface area contributed by atoms with E-state index in [-0.39, 0.29) is 17.7 Å². The van der Waals surface area contributed by atoms with Crippen molar-refractivity contribution in [3.05, 3.63) is 47.4 Å². The van der Waals surface area contributed by atoms with Crippen LogP contribution in [0.25, 0.3) is 0 Å². The number of likely N-dealkylation sites (tertiary alicyclic amines) is 1. The summed E-state index contributed by atoms with van der Waals surface area (Å²) in [7, 11) is 0. The zero-order valence-electron chi connectivity index (χ0n) is 13.0. The molecule has 1 fully saturated rings. The van der Waals surface area contributed by atoms with E-state index in [0.29, 0.717) is 25.5 Å². The molecule has 0 saturated carbocycles. The molecule has 122 valence electrons. The quantitative estimate of drug-likeness (QED) is 0.850. The number of aryl methyl sites for hydroxylation is 1. The Balaban J connectivity index is 1.53. The predicted molar refractivity (Wildman–Crippen MR) is 82.5 cm³/mol. The van der Waals surface area contributed by atoms with Gasteiger partial charge in [-0.25, -0.2) is 4.98 Å². The van der Waals surface area contributed by atoms with Gasteiger partial charge in [0.25, 0.3) is 5.91 Å². The third-order valence-corrected chi connectivity index (χ3v) is 3.80. The highest BCUT2D eigenvalue weighted by Crippen LogP contribution is 2.13. The molecule has 2 N–H and O–H groups in total. The van der Waals surface area contributed by atoms with Gasteiger partial charge in [-0.1, -0.05) is 0 Å². The van der Waals surface area contributed by atoms with Crippen LogP contribution in [0.2, 0.25) is 0 Å². The lowest BCUT2D eigenvalue weighted by molar-refractivity contribution is 0.0945. The van der Waals surface area contributed by atoms with Crippen LogP contribution in [0.5, 0.6) is 0 Å². The number of hydrogen-bond donors (Lipinski definition) is 2. The number of rotatable bonds is 5. The van der Waals surface area contributed by atoms with Gasteiger partial charge in [0.1, 0.15) is 6.26 Å². The van der Waals surface area contributed by atoms with Crippen LogP contribution in [0.4, 0.5) is 0 Å². The highest BCUT2D eigenvalue weighted by molar-refractivity contribution is 5.91. The van der Waals surface area contributed by atoms with Crippen LogP contribution in [0.3, 0.4) is 0 Å². The van der Waals surface area contributed by atoms with Crippen LogP contribution in [0.1, 0.15) is 34.1 Å². The number of carbonyl (C=O) groups excluding carboxylic acids is 1. The number of amides is 1. The summed E-state index contributed by atoms with van der Waals surface area (Å²) in [5, 5.41) is 12.3. The number of nitrogens with one attached hydrogen (secondary N) is 1. The summed E-state index contributed by atoms with van der Waals surface area (Å²) < 4.78 is 5.35. The summed E-state index contributed by atoms with van der Waals surface area (Å²) in [5.41, 5.74) is 2.17. The molecular weight excluding hydrogens is 296 g/mol. The molecule has 2 aromatic rings. The third-order valence-electron chi connectivity index (χ3n) is 3.80. The maximum Gasteiger partial charge on any atom is 0.273 e. The van der Waals surface area contributed by atoms with E-state index >= 15 is 0 Å². The van der Waals surface area contributed by atoms with Gasteiger partial charge >= 0.3 is 0 Å². The normalized spacial score (nSPS) is 18.3. The monoisotopic (exact) mass is 316 g/mol. The molecule has 1 aliphatic rings. The summed E-state index contributed by atoms with van der Waals surface area (Å²) >= 11 is 0. The molecule has 1 amide bonds. The number of carbonyl (C=O) groups is 1. The second kappa shape index (κ2) is 6.89. The molecule has 0 aliphatic carbocycles. The summed E-state index contributed by atoms with van der Waals surface area (Å²) in [5.74, 6) is 0.222. The maximum absolute atomic E-state index is 12.1. The maximum atomic E-state index is 12.1. The molecule has 1 aliphatic heterocycles. The fourth-order valence-electron chi connectivity index (χ4n) is 2.62. The van der Waals surface area contributed by atoms with Crippen molar-refractivity contribution < 1.29 is 14.3 Å². The average molecular weight is 316 g/mol. The minimum atomic E-state index is -0.281. The molecule has 0 aromatic carbocycles. The smallest absolute Gasteiger partial charge is 0.273 e. The molecule has 7 nitrogen and oxygen atoms in total. The molecule has 3 heterocycles. The number of aliphatic hydroxyl groups is 1. The molecule has 7 heteroatoms. The Hall–Kier alpha value is -2.25. The van der Waals surface area contributed by atoms with E-state index in [9.17, 15) is 9.90 Å². The van der Waals surface area contributed by atoms with Crippen LogP contribution >= 0.6 is 0 Å². The summed E-state index contributed by atoms with van der Waals surface area (Å²) in [6, 6.07) is 3.79. The average Bonchev–Trinajstić information content (AvgIpc) is 3.15. The van der Waals surface area contributed by atoms with Gasteiger partial charge in [-0.3, -0.25) is 14.7 Å². The van der Waals surface area contributed by atoms with E-state index in [1.807, 2.05) is 19.1 Å². The highest BCUT2D eigenvalue weighted by atomic mass is 16.3. The SMILES string of the molecule is Cc1cc(CNC(=O)c2coc(CN3CC[C@H](O)C3)n2)ccn1. The van der Waals surface area contributed by atoms with Crippen LogP contribution in [0.15, 0.2) is 29.0 Å². The van der Waals surface area contributed by atoms with Crippen molar-refractivity contribution in [1.82, 2.24) is 20.2 Å². The van der Waals surface area contributed by atoms with Gasteiger partial charge in [0.2, 0.25) is 5.89 Å². The third kappa shape index (κ3) is 4.14. The van der Waals surface area contributed by atoms with Crippen LogP contribution < -0.4 is 5.32 Å². The van der Waals surface area contributed by atoms with Gasteiger partial charge in [-0.2, -0.15) is 0 Å². The summed E-state index contributed by atoms with van der Waals surface area (Å²) in [6.45, 7) is 4.26. The molecule has 3 rings (SSSR count). The van der Waals surface area contributed by atoms with Crippen molar-refractivity contribution >= 4 is 5.91 Å². The summed E-state index contributed by atoms with van der Waals surface area (Å²) in [6.07, 6.45) is 3.57. The zero-order chi connectivity index (χ0) is 16.2. The summed E-state index contributed by atoms with van der Waals surface area (Å²) in [4.78, 5) is 22.5. The van der Waals surface area contributed by atoms with E-state index in [1.54, 1.807) is 6.20 Å². The van der Waals surface area contributed by atoms with Crippen molar-refractivity contribution in [2.45, 2.75) is 32.5 Å². The predicted octanol–water partition coefficient (Wildman–Crippen LogP) is 0.875. The van der Waals surface area contributed by atoms with Crippen molar-refractivity contribution in [1.29, 1.82) is 0 Å². The second-order valence-corrected chi connectivity index (χ2v) is 5.79. The number of β-amino-alcohol motifs (C(OH)–C–C–N with tert-alkyl or cyclic N) is 1. The van der Waals surface area contributed by atoms with Gasteiger partial charge in [0, 0.05) is 31.5 Å². The Morgan fingerprint density at radius 3 is 3.17 bits per heavy atom. The molecule has 1 atom stereocenters. The Morgan fingerprint density at radius 2 is 2.43 bits per heavy atom. The Morgan fingerprint density at radius 1 is 1.57 bits per heavy atom. The van der Waals surface area contributed by atoms with E-state index in [2.05, 4.69) is 20.2 Å². The number of hydrogen-bond acceptors (Lipinski definition) is 6. The minimum Gasteiger partial charge on any atom is -0.447 e. The first-order valence-corrected chi connectivity index (χ1v) is 7.65. The number of aromatic nitrogens is 2. The van der Waals surface area contributed by atoms with E-state index in [4.69, 9.17) is 4.42 Å². The molecule has 0 unspecified atom stereocenters. The number of nitrogens with zero attached hydrogens (tertiary/aromatic N) is 3. The van der Waals surface area contributed by atoms with Gasteiger partial charge in [-0.05, 0) is 31.0 Å². The lowest BCUT2D eigenvalue weighted by Crippen LogP contribution is -2.24. The fraction of sp³-hybridized carbons (Fsp3) is 0.438. The molecule has 23 heavy (non-hydrogen) atoms. The topological polar surface area (TPSA) is 91.5 Å². The van der Waals surface area contributed by atoms with E-state index < -0.39 is 0 Å². The van der Waals surface area contributed by atoms with Gasteiger partial charge in [0.05, 0.1) is 12.6 Å². The van der Waals surface area contributed by atoms with Crippen LogP contribution in [0, 0.1) is 6.92 Å². The van der Waals surface area contributed by atoms with Crippen LogP contribution in [-0.4, -0.2) is 45.1 Å². The number of pyridine rings is 1. The first-order chi connectivity index (χ1) is 11.1. The van der Waals surface area contributed by atoms with Gasteiger partial charge in [-0.15, -0.1) is 0 Å². The van der Waals surface area contributed by atoms with Crippen molar-refractivity contribution in [2.24, 2.45) is 0 Å². The van der Waals surface area contributed by atoms with Gasteiger partial charge < -0.3 is 14.8 Å². The van der Waals surface area contributed by atoms with Crippen LogP contribution in [-0.2, 0) is 13.1 Å². The second-order valence-electron chi connectivity index (χ2n) is 5.79. The Labute approximate surface area is 134 Å². The molecule has 0 radical (unpaired) electrons. The molecule has 0 spiro atoms. The largest absolute Gasteiger partial charge is 0.447 e. The van der Waals surface area contributed by atoms with Gasteiger partial charge in [0.15, 0.2) is 5.69 Å². The molecule has 1 saturated heterocycles. The van der Waals surface area contributed by atoms with Crippen molar-refractivity contribution in [3.8, 4) is 0 Å².